The Bertz CT molecular complexity index is 1570. The number of benzene rings is 3. The lowest BCUT2D eigenvalue weighted by molar-refractivity contribution is -0.145. The van der Waals surface area contributed by atoms with E-state index in [4.69, 9.17) is 8.95 Å². The molecule has 3 aromatic rings. The van der Waals surface area contributed by atoms with Crippen LogP contribution >= 0.6 is 8.03 Å². The molecule has 0 heterocycles. The third kappa shape index (κ3) is 8.32. The number of hydrogen-bond donors (Lipinski definition) is 1. The molecule has 3 aromatic carbocycles. The van der Waals surface area contributed by atoms with Crippen molar-refractivity contribution in [2.75, 3.05) is 6.61 Å². The van der Waals surface area contributed by atoms with Crippen LogP contribution < -0.4 is 10.4 Å². The summed E-state index contributed by atoms with van der Waals surface area (Å²) in [5.41, 5.74) is 1.98. The summed E-state index contributed by atoms with van der Waals surface area (Å²) >= 11 is 0. The molecule has 4 rings (SSSR count). The largest absolute Gasteiger partial charge is 0.479 e. The Morgan fingerprint density at radius 3 is 1.96 bits per heavy atom. The first-order valence-electron chi connectivity index (χ1n) is 16.3. The Kier molecular flexibility index (Phi) is 11.4. The molecule has 0 bridgehead atoms. The summed E-state index contributed by atoms with van der Waals surface area (Å²) in [6.45, 7) is 16.8. The van der Waals surface area contributed by atoms with Gasteiger partial charge >= 0.3 is 5.97 Å². The van der Waals surface area contributed by atoms with Crippen LogP contribution in [0.4, 0.5) is 4.39 Å². The molecular formula is C39H50FO5PSi. The van der Waals surface area contributed by atoms with Crippen LogP contribution in [0.2, 0.25) is 5.04 Å². The second-order valence-electron chi connectivity index (χ2n) is 15.1. The van der Waals surface area contributed by atoms with Crippen molar-refractivity contribution in [3.8, 4) is 0 Å². The first-order valence-corrected chi connectivity index (χ1v) is 19.6. The minimum atomic E-state index is -3.24. The van der Waals surface area contributed by atoms with E-state index in [1.54, 1.807) is 19.1 Å². The van der Waals surface area contributed by atoms with Crippen LogP contribution in [0, 0.1) is 16.6 Å². The van der Waals surface area contributed by atoms with Crippen molar-refractivity contribution in [3.63, 3.8) is 0 Å². The molecule has 5 nitrogen and oxygen atoms in total. The van der Waals surface area contributed by atoms with E-state index in [9.17, 15) is 18.9 Å². The first kappa shape index (κ1) is 36.7. The third-order valence-corrected chi connectivity index (χ3v) is 15.8. The van der Waals surface area contributed by atoms with Crippen molar-refractivity contribution < 1.29 is 27.8 Å². The average molecular weight is 677 g/mol. The topological polar surface area (TPSA) is 72.8 Å². The molecule has 0 saturated carbocycles. The predicted molar refractivity (Wildman–Crippen MR) is 194 cm³/mol. The number of rotatable bonds is 12. The van der Waals surface area contributed by atoms with E-state index >= 15 is 0 Å². The molecule has 1 aliphatic rings. The second-order valence-corrected chi connectivity index (χ2v) is 21.2. The van der Waals surface area contributed by atoms with E-state index in [2.05, 4.69) is 54.5 Å². The highest BCUT2D eigenvalue weighted by Gasteiger charge is 2.53. The summed E-state index contributed by atoms with van der Waals surface area (Å²) < 4.78 is 40.5. The summed E-state index contributed by atoms with van der Waals surface area (Å²) in [4.78, 5) is 12.9. The van der Waals surface area contributed by atoms with Crippen LogP contribution in [0.5, 0.6) is 0 Å². The fourth-order valence-corrected chi connectivity index (χ4v) is 13.0. The number of carbonyl (C=O) groups is 1. The molecular weight excluding hydrogens is 626 g/mol. The van der Waals surface area contributed by atoms with Gasteiger partial charge in [0.1, 0.15) is 5.82 Å². The van der Waals surface area contributed by atoms with E-state index in [0.717, 1.165) is 39.9 Å². The first-order chi connectivity index (χ1) is 22.0. The SMILES string of the molecule is CC(C(O[Si](c1ccccc1)(c1ccccc1)C(C)(C)C)C(=O)O)[PH](=O)OCC=C(C1=CCC(C)(C)CC1(C)C)c1ccc(F)cc1. The molecule has 0 spiro atoms. The van der Waals surface area contributed by atoms with E-state index in [1.807, 2.05) is 66.7 Å². The third-order valence-electron chi connectivity index (χ3n) is 9.26. The normalized spacial score (nSPS) is 18.6. The molecule has 0 amide bonds. The van der Waals surface area contributed by atoms with Crippen molar-refractivity contribution in [2.45, 2.75) is 85.0 Å². The standard InChI is InChI=1S/C39H50FO5PSi/c1-28(35(36(41)42)45-47(37(2,3)4,31-15-11-9-12-16-31)32-17-13-10-14-18-32)46(43)44-26-24-33(29-19-21-30(40)22-20-29)34-23-25-38(5,6)27-39(34,7)8/h9-24,28,35,46H,25-27H2,1-8H3,(H,41,42). The van der Waals surface area contributed by atoms with Crippen LogP contribution in [-0.4, -0.2) is 37.8 Å². The molecule has 0 saturated heterocycles. The zero-order chi connectivity index (χ0) is 34.6. The van der Waals surface area contributed by atoms with Gasteiger partial charge in [-0.1, -0.05) is 140 Å². The molecule has 0 fully saturated rings. The van der Waals surface area contributed by atoms with Crippen LogP contribution in [0.1, 0.15) is 73.8 Å². The maximum absolute atomic E-state index is 13.9. The van der Waals surface area contributed by atoms with Gasteiger partial charge in [-0.25, -0.2) is 9.18 Å². The van der Waals surface area contributed by atoms with Gasteiger partial charge in [-0.05, 0) is 67.9 Å². The highest BCUT2D eigenvalue weighted by Crippen LogP contribution is 2.50. The van der Waals surface area contributed by atoms with E-state index < -0.39 is 39.1 Å². The molecule has 3 unspecified atom stereocenters. The van der Waals surface area contributed by atoms with Gasteiger partial charge in [0.25, 0.3) is 8.32 Å². The van der Waals surface area contributed by atoms with Crippen molar-refractivity contribution >= 4 is 38.3 Å². The summed E-state index contributed by atoms with van der Waals surface area (Å²) in [5, 5.41) is 12.0. The zero-order valence-electron chi connectivity index (χ0n) is 29.0. The van der Waals surface area contributed by atoms with Gasteiger partial charge in [-0.2, -0.15) is 0 Å². The lowest BCUT2D eigenvalue weighted by atomic mass is 9.63. The lowest BCUT2D eigenvalue weighted by Gasteiger charge is -2.45. The fraction of sp³-hybridized carbons (Fsp3) is 0.410. The van der Waals surface area contributed by atoms with Gasteiger partial charge in [0.2, 0.25) is 0 Å². The number of hydrogen-bond acceptors (Lipinski definition) is 4. The Labute approximate surface area is 281 Å². The quantitative estimate of drug-likeness (QED) is 0.153. The minimum Gasteiger partial charge on any atom is -0.479 e. The fourth-order valence-electron chi connectivity index (χ4n) is 7.22. The van der Waals surface area contributed by atoms with Gasteiger partial charge < -0.3 is 14.1 Å². The summed E-state index contributed by atoms with van der Waals surface area (Å²) in [7, 11) is -6.15. The molecule has 3 atom stereocenters. The molecule has 0 aromatic heterocycles. The maximum atomic E-state index is 13.9. The second kappa shape index (κ2) is 14.6. The Morgan fingerprint density at radius 2 is 1.49 bits per heavy atom. The minimum absolute atomic E-state index is 0.0111. The maximum Gasteiger partial charge on any atom is 0.332 e. The van der Waals surface area contributed by atoms with Crippen molar-refractivity contribution in [2.24, 2.45) is 10.8 Å². The number of aliphatic carboxylic acids is 1. The number of allylic oxidation sites excluding steroid dienone is 3. The summed E-state index contributed by atoms with van der Waals surface area (Å²) in [6.07, 6.45) is 4.66. The Hall–Kier alpha value is -3.09. The van der Waals surface area contributed by atoms with Crippen LogP contribution in [-0.2, 0) is 18.3 Å². The number of carboxylic acids is 1. The van der Waals surface area contributed by atoms with Gasteiger partial charge in [0.05, 0.1) is 12.3 Å². The molecule has 1 N–H and O–H groups in total. The number of halogens is 1. The van der Waals surface area contributed by atoms with Gasteiger partial charge in [-0.3, -0.25) is 4.57 Å². The Morgan fingerprint density at radius 1 is 0.957 bits per heavy atom. The van der Waals surface area contributed by atoms with Crippen LogP contribution in [0.25, 0.3) is 5.57 Å². The lowest BCUT2D eigenvalue weighted by Crippen LogP contribution is -2.69. The molecule has 252 valence electrons. The predicted octanol–water partition coefficient (Wildman–Crippen LogP) is 8.89. The van der Waals surface area contributed by atoms with Gasteiger partial charge in [0.15, 0.2) is 14.1 Å². The van der Waals surface area contributed by atoms with Crippen molar-refractivity contribution in [1.82, 2.24) is 0 Å². The van der Waals surface area contributed by atoms with Gasteiger partial charge in [-0.15, -0.1) is 0 Å². The van der Waals surface area contributed by atoms with Crippen molar-refractivity contribution in [1.29, 1.82) is 0 Å². The zero-order valence-corrected chi connectivity index (χ0v) is 31.0. The monoisotopic (exact) mass is 676 g/mol. The molecule has 1 aliphatic carbocycles. The highest BCUT2D eigenvalue weighted by molar-refractivity contribution is 7.40. The molecule has 0 aliphatic heterocycles. The number of carboxylic acid groups (broad SMARTS) is 1. The molecule has 47 heavy (non-hydrogen) atoms. The van der Waals surface area contributed by atoms with E-state index in [0.29, 0.717) is 0 Å². The van der Waals surface area contributed by atoms with E-state index in [1.165, 1.54) is 12.1 Å². The summed E-state index contributed by atoms with van der Waals surface area (Å²) in [6, 6.07) is 26.0. The molecule has 8 heteroatoms. The molecule has 0 radical (unpaired) electrons. The van der Waals surface area contributed by atoms with Crippen LogP contribution in [0.3, 0.4) is 0 Å². The van der Waals surface area contributed by atoms with Crippen LogP contribution in [0.15, 0.2) is 103 Å². The summed E-state index contributed by atoms with van der Waals surface area (Å²) in [5.74, 6) is -1.49. The van der Waals surface area contributed by atoms with E-state index in [-0.39, 0.29) is 23.3 Å². The Balaban J connectivity index is 1.66. The average Bonchev–Trinajstić information content (AvgIpc) is 3.00. The smallest absolute Gasteiger partial charge is 0.332 e. The van der Waals surface area contributed by atoms with Crippen molar-refractivity contribution in [3.05, 3.63) is 114 Å². The van der Waals surface area contributed by atoms with Gasteiger partial charge in [0, 0.05) is 0 Å². The highest BCUT2D eigenvalue weighted by atomic mass is 31.1.